The summed E-state index contributed by atoms with van der Waals surface area (Å²) in [5.74, 6) is -3.42. The highest BCUT2D eigenvalue weighted by Crippen LogP contribution is 2.15. The van der Waals surface area contributed by atoms with Crippen LogP contribution in [0.4, 0.5) is 0 Å². The summed E-state index contributed by atoms with van der Waals surface area (Å²) < 4.78 is 0. The third-order valence-electron chi connectivity index (χ3n) is 10.7. The lowest BCUT2D eigenvalue weighted by Crippen LogP contribution is -2.43. The number of aliphatic carboxylic acids is 3. The van der Waals surface area contributed by atoms with Crippen molar-refractivity contribution in [3.63, 3.8) is 0 Å². The molecule has 3 amide bonds. The van der Waals surface area contributed by atoms with E-state index in [2.05, 4.69) is 31.8 Å². The van der Waals surface area contributed by atoms with E-state index in [1.165, 1.54) is 44.9 Å². The van der Waals surface area contributed by atoms with Gasteiger partial charge in [-0.05, 0) is 78.3 Å². The average molecular weight is 823 g/mol. The summed E-state index contributed by atoms with van der Waals surface area (Å²) in [6, 6.07) is -1.85. The van der Waals surface area contributed by atoms with Crippen LogP contribution in [0.15, 0.2) is 0 Å². The van der Waals surface area contributed by atoms with Crippen LogP contribution in [0, 0.1) is 0 Å². The first-order chi connectivity index (χ1) is 27.9. The van der Waals surface area contributed by atoms with Crippen LogP contribution >= 0.6 is 0 Å². The first-order valence-electron chi connectivity index (χ1n) is 22.3. The Morgan fingerprint density at radius 2 is 0.897 bits per heavy atom. The SMILES string of the molecule is [B]NC(CCCCNC(=O)C(CCCC[C@H](CCCCNC(=O)CCC(NC(=O)CCCCCCCCCCCCCCCCC(=O)O)C(=O)O)NC)NC)C(=O)O. The summed E-state index contributed by atoms with van der Waals surface area (Å²) in [5, 5.41) is 44.3. The standard InChI is InChI=1S/C42H79BN6O9/c1-44-33(23-17-18-25-34(45-2)40(54)47-32-22-20-26-36(49-43)42(57)58)24-19-21-31-46-37(50)30-29-35(41(55)56)48-38(51)27-15-13-11-9-7-5-3-4-6-8-10-12-14-16-28-39(52)53/h33-36,44-45,49H,3-32H2,1-2H3,(H,46,50)(H,47,54)(H,48,51)(H,52,53)(H,55,56)(H,57,58)/t33-,34?,35?,36?/m1/s1. The molecule has 0 saturated carbocycles. The minimum absolute atomic E-state index is 0.0241. The molecule has 58 heavy (non-hydrogen) atoms. The molecule has 0 fully saturated rings. The van der Waals surface area contributed by atoms with E-state index in [0.717, 1.165) is 77.0 Å². The molecule has 9 N–H and O–H groups in total. The molecular weight excluding hydrogens is 743 g/mol. The summed E-state index contributed by atoms with van der Waals surface area (Å²) in [7, 11) is 8.94. The van der Waals surface area contributed by atoms with Gasteiger partial charge in [0.25, 0.3) is 0 Å². The zero-order valence-corrected chi connectivity index (χ0v) is 35.9. The predicted molar refractivity (Wildman–Crippen MR) is 229 cm³/mol. The number of carboxylic acids is 3. The molecule has 0 rings (SSSR count). The van der Waals surface area contributed by atoms with Gasteiger partial charge in [0.15, 0.2) is 7.98 Å². The van der Waals surface area contributed by atoms with Crippen molar-refractivity contribution in [3.8, 4) is 0 Å². The zero-order chi connectivity index (χ0) is 43.2. The van der Waals surface area contributed by atoms with E-state index in [4.69, 9.17) is 18.2 Å². The van der Waals surface area contributed by atoms with Gasteiger partial charge >= 0.3 is 17.9 Å². The van der Waals surface area contributed by atoms with Gasteiger partial charge < -0.3 is 47.1 Å². The van der Waals surface area contributed by atoms with Crippen molar-refractivity contribution in [2.75, 3.05) is 27.2 Å². The number of carbonyl (C=O) groups excluding carboxylic acids is 3. The Labute approximate surface area is 350 Å². The smallest absolute Gasteiger partial charge is 0.326 e. The first-order valence-corrected chi connectivity index (χ1v) is 22.3. The molecule has 0 aromatic heterocycles. The number of hydrogen-bond acceptors (Lipinski definition) is 9. The molecule has 16 heteroatoms. The molecule has 15 nitrogen and oxygen atoms in total. The summed E-state index contributed by atoms with van der Waals surface area (Å²) in [5.41, 5.74) is 0. The Kier molecular flexibility index (Phi) is 35.9. The van der Waals surface area contributed by atoms with Gasteiger partial charge in [0.05, 0.1) is 12.1 Å². The quantitative estimate of drug-likeness (QED) is 0.0289. The maximum absolute atomic E-state index is 12.6. The molecule has 0 saturated heterocycles. The molecule has 4 atom stereocenters. The van der Waals surface area contributed by atoms with Crippen LogP contribution < -0.4 is 31.8 Å². The average Bonchev–Trinajstić information content (AvgIpc) is 3.19. The van der Waals surface area contributed by atoms with Crippen LogP contribution in [0.3, 0.4) is 0 Å². The van der Waals surface area contributed by atoms with Gasteiger partial charge in [-0.15, -0.1) is 0 Å². The monoisotopic (exact) mass is 823 g/mol. The van der Waals surface area contributed by atoms with E-state index in [1.807, 2.05) is 7.05 Å². The second-order valence-corrected chi connectivity index (χ2v) is 15.6. The highest BCUT2D eigenvalue weighted by atomic mass is 16.4. The van der Waals surface area contributed by atoms with Crippen molar-refractivity contribution in [2.45, 2.75) is 204 Å². The van der Waals surface area contributed by atoms with E-state index in [9.17, 15) is 33.9 Å². The number of carbonyl (C=O) groups is 6. The normalized spacial score (nSPS) is 13.3. The van der Waals surface area contributed by atoms with E-state index in [0.29, 0.717) is 51.2 Å². The van der Waals surface area contributed by atoms with Crippen LogP contribution in [0.25, 0.3) is 0 Å². The van der Waals surface area contributed by atoms with Crippen molar-refractivity contribution in [2.24, 2.45) is 0 Å². The van der Waals surface area contributed by atoms with Crippen molar-refractivity contribution >= 4 is 43.6 Å². The third-order valence-corrected chi connectivity index (χ3v) is 10.7. The molecule has 0 heterocycles. The largest absolute Gasteiger partial charge is 0.481 e. The highest BCUT2D eigenvalue weighted by Gasteiger charge is 2.21. The van der Waals surface area contributed by atoms with Gasteiger partial charge in [0.1, 0.15) is 6.04 Å². The molecule has 3 unspecified atom stereocenters. The van der Waals surface area contributed by atoms with Gasteiger partial charge in [-0.3, -0.25) is 24.0 Å². The molecule has 0 aliphatic rings. The van der Waals surface area contributed by atoms with Crippen LogP contribution in [-0.2, 0) is 28.8 Å². The number of carboxylic acid groups (broad SMARTS) is 3. The minimum Gasteiger partial charge on any atom is -0.481 e. The van der Waals surface area contributed by atoms with Crippen LogP contribution in [0.2, 0.25) is 0 Å². The van der Waals surface area contributed by atoms with E-state index >= 15 is 0 Å². The Balaban J connectivity index is 3.97. The number of hydrogen-bond donors (Lipinski definition) is 9. The van der Waals surface area contributed by atoms with E-state index < -0.39 is 30.0 Å². The fraction of sp³-hybridized carbons (Fsp3) is 0.857. The molecular formula is C42H79BN6O9. The number of unbranched alkanes of at least 4 members (excludes halogenated alkanes) is 16. The molecule has 334 valence electrons. The fourth-order valence-electron chi connectivity index (χ4n) is 6.98. The lowest BCUT2D eigenvalue weighted by atomic mass is 10.0. The van der Waals surface area contributed by atoms with E-state index in [1.54, 1.807) is 7.05 Å². The number of nitrogens with one attached hydrogen (secondary N) is 6. The number of likely N-dealkylation sites (N-methyl/N-ethyl adjacent to an activating group) is 1. The second kappa shape index (κ2) is 38.0. The first kappa shape index (κ1) is 54.8. The summed E-state index contributed by atoms with van der Waals surface area (Å²) >= 11 is 0. The molecule has 2 radical (unpaired) electrons. The Morgan fingerprint density at radius 1 is 0.448 bits per heavy atom. The summed E-state index contributed by atoms with van der Waals surface area (Å²) in [4.78, 5) is 70.6. The van der Waals surface area contributed by atoms with Crippen LogP contribution in [-0.4, -0.2) is 110 Å². The maximum atomic E-state index is 12.6. The van der Waals surface area contributed by atoms with E-state index in [-0.39, 0.29) is 49.4 Å². The second-order valence-electron chi connectivity index (χ2n) is 15.6. The lowest BCUT2D eigenvalue weighted by molar-refractivity contribution is -0.142. The Morgan fingerprint density at radius 3 is 1.38 bits per heavy atom. The van der Waals surface area contributed by atoms with Gasteiger partial charge in [-0.2, -0.15) is 0 Å². The van der Waals surface area contributed by atoms with Crippen molar-refractivity contribution in [3.05, 3.63) is 0 Å². The van der Waals surface area contributed by atoms with Crippen molar-refractivity contribution in [1.82, 2.24) is 31.8 Å². The van der Waals surface area contributed by atoms with Crippen molar-refractivity contribution in [1.29, 1.82) is 0 Å². The summed E-state index contributed by atoms with van der Waals surface area (Å²) in [6.07, 6.45) is 23.7. The van der Waals surface area contributed by atoms with Gasteiger partial charge in [-0.25, -0.2) is 4.79 Å². The molecule has 0 aromatic rings. The zero-order valence-electron chi connectivity index (χ0n) is 35.9. The summed E-state index contributed by atoms with van der Waals surface area (Å²) in [6.45, 7) is 0.978. The van der Waals surface area contributed by atoms with Crippen LogP contribution in [0.5, 0.6) is 0 Å². The van der Waals surface area contributed by atoms with Crippen LogP contribution in [0.1, 0.15) is 180 Å². The number of rotatable bonds is 42. The Hall–Kier alpha value is -3.24. The van der Waals surface area contributed by atoms with Gasteiger partial charge in [-0.1, -0.05) is 96.3 Å². The lowest BCUT2D eigenvalue weighted by Gasteiger charge is -2.18. The minimum atomic E-state index is -1.14. The predicted octanol–water partition coefficient (Wildman–Crippen LogP) is 5.10. The molecule has 0 aliphatic carbocycles. The highest BCUT2D eigenvalue weighted by molar-refractivity contribution is 6.06. The fourth-order valence-corrected chi connectivity index (χ4v) is 6.98. The molecule has 0 aliphatic heterocycles. The molecule has 0 aromatic carbocycles. The molecule has 0 bridgehead atoms. The van der Waals surface area contributed by atoms with Gasteiger partial charge in [0.2, 0.25) is 17.7 Å². The third kappa shape index (κ3) is 32.7. The molecule has 0 spiro atoms. The maximum Gasteiger partial charge on any atom is 0.326 e. The van der Waals surface area contributed by atoms with Crippen molar-refractivity contribution < 1.29 is 44.1 Å². The number of amides is 3. The topological polar surface area (TPSA) is 235 Å². The Bertz CT molecular complexity index is 1120. The van der Waals surface area contributed by atoms with Gasteiger partial charge in [0, 0.05) is 38.4 Å².